The Morgan fingerprint density at radius 2 is 1.88 bits per heavy atom. The van der Waals surface area contributed by atoms with Crippen LogP contribution >= 0.6 is 0 Å². The fourth-order valence-electron chi connectivity index (χ4n) is 2.66. The SMILES string of the molecule is Cc1ccc([C@H](C)N(C)C(=O)Nc2ccc3oc(=O)n(C)c3c2)cc1. The molecule has 1 atom stereocenters. The van der Waals surface area contributed by atoms with Crippen molar-refractivity contribution in [1.29, 1.82) is 0 Å². The lowest BCUT2D eigenvalue weighted by molar-refractivity contribution is 0.208. The number of oxazole rings is 1. The van der Waals surface area contributed by atoms with Crippen LogP contribution in [0.3, 0.4) is 0 Å². The molecule has 2 amide bonds. The average Bonchev–Trinajstić information content (AvgIpc) is 2.88. The van der Waals surface area contributed by atoms with Crippen molar-refractivity contribution in [2.75, 3.05) is 12.4 Å². The molecule has 0 radical (unpaired) electrons. The van der Waals surface area contributed by atoms with Gasteiger partial charge in [-0.15, -0.1) is 0 Å². The van der Waals surface area contributed by atoms with Gasteiger partial charge in [0, 0.05) is 19.8 Å². The summed E-state index contributed by atoms with van der Waals surface area (Å²) in [6.45, 7) is 4.01. The van der Waals surface area contributed by atoms with Crippen molar-refractivity contribution >= 4 is 22.8 Å². The van der Waals surface area contributed by atoms with Gasteiger partial charge in [-0.3, -0.25) is 4.57 Å². The molecule has 0 fully saturated rings. The first-order valence-electron chi connectivity index (χ1n) is 8.07. The first-order chi connectivity index (χ1) is 11.9. The first kappa shape index (κ1) is 16.8. The number of nitrogens with zero attached hydrogens (tertiary/aromatic N) is 2. The number of aromatic nitrogens is 1. The molecule has 130 valence electrons. The summed E-state index contributed by atoms with van der Waals surface area (Å²) in [6, 6.07) is 12.9. The van der Waals surface area contributed by atoms with Gasteiger partial charge in [0.1, 0.15) is 0 Å². The molecule has 0 saturated carbocycles. The normalized spacial score (nSPS) is 12.2. The highest BCUT2D eigenvalue weighted by Crippen LogP contribution is 2.22. The zero-order valence-corrected chi connectivity index (χ0v) is 14.7. The van der Waals surface area contributed by atoms with Crippen LogP contribution in [-0.2, 0) is 7.05 Å². The van der Waals surface area contributed by atoms with E-state index in [0.717, 1.165) is 5.56 Å². The van der Waals surface area contributed by atoms with Gasteiger partial charge in [0.25, 0.3) is 0 Å². The fraction of sp³-hybridized carbons (Fsp3) is 0.263. The van der Waals surface area contributed by atoms with Gasteiger partial charge in [0.2, 0.25) is 0 Å². The molecular formula is C19H21N3O3. The molecule has 1 aromatic heterocycles. The molecule has 1 heterocycles. The average molecular weight is 339 g/mol. The van der Waals surface area contributed by atoms with E-state index in [2.05, 4.69) is 5.32 Å². The zero-order valence-electron chi connectivity index (χ0n) is 14.7. The van der Waals surface area contributed by atoms with Crippen LogP contribution in [0.1, 0.15) is 24.1 Å². The second kappa shape index (κ2) is 6.47. The predicted molar refractivity (Wildman–Crippen MR) is 97.8 cm³/mol. The smallest absolute Gasteiger partial charge is 0.408 e. The molecule has 6 nitrogen and oxygen atoms in total. The number of fused-ring (bicyclic) bond motifs is 1. The number of aryl methyl sites for hydroxylation is 2. The Bertz CT molecular complexity index is 970. The van der Waals surface area contributed by atoms with E-state index >= 15 is 0 Å². The van der Waals surface area contributed by atoms with E-state index in [4.69, 9.17) is 4.42 Å². The minimum Gasteiger partial charge on any atom is -0.408 e. The van der Waals surface area contributed by atoms with Crippen molar-refractivity contribution < 1.29 is 9.21 Å². The number of urea groups is 1. The summed E-state index contributed by atoms with van der Waals surface area (Å²) in [5.41, 5.74) is 3.98. The molecule has 3 rings (SSSR count). The summed E-state index contributed by atoms with van der Waals surface area (Å²) in [5.74, 6) is -0.427. The minimum absolute atomic E-state index is 0.0670. The highest BCUT2D eigenvalue weighted by molar-refractivity contribution is 5.91. The second-order valence-electron chi connectivity index (χ2n) is 6.24. The molecule has 6 heteroatoms. The van der Waals surface area contributed by atoms with Crippen LogP contribution in [0, 0.1) is 6.92 Å². The monoisotopic (exact) mass is 339 g/mol. The van der Waals surface area contributed by atoms with E-state index in [-0.39, 0.29) is 12.1 Å². The Labute approximate surface area is 145 Å². The maximum absolute atomic E-state index is 12.5. The third kappa shape index (κ3) is 3.28. The zero-order chi connectivity index (χ0) is 18.1. The molecule has 0 spiro atoms. The molecular weight excluding hydrogens is 318 g/mol. The maximum atomic E-state index is 12.5. The lowest BCUT2D eigenvalue weighted by Crippen LogP contribution is -2.33. The molecule has 0 bridgehead atoms. The second-order valence-corrected chi connectivity index (χ2v) is 6.24. The lowest BCUT2D eigenvalue weighted by Gasteiger charge is -2.25. The first-order valence-corrected chi connectivity index (χ1v) is 8.07. The molecule has 0 aliphatic rings. The Hall–Kier alpha value is -3.02. The Balaban J connectivity index is 1.77. The van der Waals surface area contributed by atoms with E-state index < -0.39 is 5.76 Å². The van der Waals surface area contributed by atoms with Gasteiger partial charge >= 0.3 is 11.8 Å². The topological polar surface area (TPSA) is 67.5 Å². The van der Waals surface area contributed by atoms with E-state index in [0.29, 0.717) is 16.8 Å². The molecule has 2 aromatic carbocycles. The highest BCUT2D eigenvalue weighted by atomic mass is 16.4. The number of anilines is 1. The van der Waals surface area contributed by atoms with E-state index in [1.807, 2.05) is 38.1 Å². The lowest BCUT2D eigenvalue weighted by atomic mass is 10.1. The van der Waals surface area contributed by atoms with Crippen LogP contribution < -0.4 is 11.1 Å². The molecule has 3 aromatic rings. The van der Waals surface area contributed by atoms with Crippen LogP contribution in [0.2, 0.25) is 0 Å². The fourth-order valence-corrected chi connectivity index (χ4v) is 2.66. The molecule has 25 heavy (non-hydrogen) atoms. The van der Waals surface area contributed by atoms with E-state index in [9.17, 15) is 9.59 Å². The van der Waals surface area contributed by atoms with Crippen molar-refractivity contribution in [3.05, 3.63) is 64.1 Å². The summed E-state index contributed by atoms with van der Waals surface area (Å²) in [6.07, 6.45) is 0. The number of amides is 2. The van der Waals surface area contributed by atoms with Gasteiger partial charge in [-0.05, 0) is 37.6 Å². The van der Waals surface area contributed by atoms with Crippen LogP contribution in [0.5, 0.6) is 0 Å². The summed E-state index contributed by atoms with van der Waals surface area (Å²) < 4.78 is 6.50. The van der Waals surface area contributed by atoms with E-state index in [1.54, 1.807) is 37.2 Å². The van der Waals surface area contributed by atoms with E-state index in [1.165, 1.54) is 10.1 Å². The summed E-state index contributed by atoms with van der Waals surface area (Å²) in [7, 11) is 3.39. The molecule has 0 saturated heterocycles. The third-order valence-electron chi connectivity index (χ3n) is 4.50. The van der Waals surface area contributed by atoms with Crippen LogP contribution in [0.25, 0.3) is 11.1 Å². The van der Waals surface area contributed by atoms with Crippen molar-refractivity contribution in [3.8, 4) is 0 Å². The van der Waals surface area contributed by atoms with Crippen LogP contribution in [0.15, 0.2) is 51.7 Å². The van der Waals surface area contributed by atoms with Crippen molar-refractivity contribution in [3.63, 3.8) is 0 Å². The van der Waals surface area contributed by atoms with Crippen molar-refractivity contribution in [2.45, 2.75) is 19.9 Å². The van der Waals surface area contributed by atoms with Gasteiger partial charge in [0.15, 0.2) is 5.58 Å². The maximum Gasteiger partial charge on any atom is 0.419 e. The van der Waals surface area contributed by atoms with Gasteiger partial charge in [0.05, 0.1) is 11.6 Å². The third-order valence-corrected chi connectivity index (χ3v) is 4.50. The predicted octanol–water partition coefficient (Wildman–Crippen LogP) is 3.66. The quantitative estimate of drug-likeness (QED) is 0.792. The van der Waals surface area contributed by atoms with Gasteiger partial charge < -0.3 is 14.6 Å². The van der Waals surface area contributed by atoms with Crippen molar-refractivity contribution in [1.82, 2.24) is 9.47 Å². The largest absolute Gasteiger partial charge is 0.419 e. The molecule has 1 N–H and O–H groups in total. The van der Waals surface area contributed by atoms with Gasteiger partial charge in [-0.25, -0.2) is 9.59 Å². The summed E-state index contributed by atoms with van der Waals surface area (Å²) in [4.78, 5) is 25.7. The number of carbonyl (C=O) groups excluding carboxylic acids is 1. The van der Waals surface area contributed by atoms with Crippen LogP contribution in [0.4, 0.5) is 10.5 Å². The van der Waals surface area contributed by atoms with Crippen LogP contribution in [-0.4, -0.2) is 22.5 Å². The number of hydrogen-bond acceptors (Lipinski definition) is 3. The number of benzene rings is 2. The van der Waals surface area contributed by atoms with Crippen molar-refractivity contribution in [2.24, 2.45) is 7.05 Å². The standard InChI is InChI=1S/C19H21N3O3/c1-12-5-7-14(8-6-12)13(2)21(3)18(23)20-15-9-10-17-16(11-15)22(4)19(24)25-17/h5-11,13H,1-4H3,(H,20,23)/t13-/m0/s1. The molecule has 0 aliphatic carbocycles. The Morgan fingerprint density at radius 3 is 2.56 bits per heavy atom. The molecule has 0 aliphatic heterocycles. The van der Waals surface area contributed by atoms with Gasteiger partial charge in [-0.1, -0.05) is 29.8 Å². The Morgan fingerprint density at radius 1 is 1.20 bits per heavy atom. The number of rotatable bonds is 3. The summed E-state index contributed by atoms with van der Waals surface area (Å²) in [5, 5.41) is 2.86. The Kier molecular flexibility index (Phi) is 4.35. The number of nitrogens with one attached hydrogen (secondary N) is 1. The highest BCUT2D eigenvalue weighted by Gasteiger charge is 2.18. The minimum atomic E-state index is -0.427. The van der Waals surface area contributed by atoms with Gasteiger partial charge in [-0.2, -0.15) is 0 Å². The number of carbonyl (C=O) groups is 1. The number of hydrogen-bond donors (Lipinski definition) is 1. The summed E-state index contributed by atoms with van der Waals surface area (Å²) >= 11 is 0. The molecule has 0 unspecified atom stereocenters.